The molecule has 0 aliphatic heterocycles. The fourth-order valence-corrected chi connectivity index (χ4v) is 2.30. The number of nitro benzene ring substituents is 1. The van der Waals surface area contributed by atoms with E-state index >= 15 is 0 Å². The van der Waals surface area contributed by atoms with Gasteiger partial charge in [0, 0.05) is 24.4 Å². The molecule has 0 saturated heterocycles. The van der Waals surface area contributed by atoms with E-state index in [0.29, 0.717) is 17.2 Å². The molecule has 2 rings (SSSR count). The highest BCUT2D eigenvalue weighted by atomic mass is 35.5. The number of nitrogens with one attached hydrogen (secondary N) is 2. The van der Waals surface area contributed by atoms with Gasteiger partial charge in [0.05, 0.1) is 35.5 Å². The first-order valence-electron chi connectivity index (χ1n) is 7.73. The average molecular weight is 403 g/mol. The predicted molar refractivity (Wildman–Crippen MR) is 104 cm³/mol. The van der Waals surface area contributed by atoms with Crippen LogP contribution >= 0.6 is 11.6 Å². The van der Waals surface area contributed by atoms with Gasteiger partial charge in [-0.1, -0.05) is 11.6 Å². The quantitative estimate of drug-likeness (QED) is 0.312. The Morgan fingerprint density at radius 2 is 1.96 bits per heavy atom. The van der Waals surface area contributed by atoms with Crippen molar-refractivity contribution in [3.63, 3.8) is 0 Å². The maximum atomic E-state index is 12.3. The summed E-state index contributed by atoms with van der Waals surface area (Å²) in [5.74, 6) is 0.221. The molecule has 1 amide bonds. The summed E-state index contributed by atoms with van der Waals surface area (Å²) in [6, 6.07) is 10.3. The molecule has 0 heterocycles. The van der Waals surface area contributed by atoms with Crippen LogP contribution in [0.1, 0.15) is 0 Å². The van der Waals surface area contributed by atoms with Crippen molar-refractivity contribution in [1.82, 2.24) is 0 Å². The number of nitriles is 1. The van der Waals surface area contributed by atoms with Gasteiger partial charge in [0.15, 0.2) is 0 Å². The van der Waals surface area contributed by atoms with Gasteiger partial charge in [0.25, 0.3) is 11.6 Å². The Bertz CT molecular complexity index is 984. The van der Waals surface area contributed by atoms with Crippen molar-refractivity contribution in [2.24, 2.45) is 0 Å². The van der Waals surface area contributed by atoms with Crippen molar-refractivity contribution in [2.75, 3.05) is 24.9 Å². The fourth-order valence-electron chi connectivity index (χ4n) is 2.14. The Hall–Kier alpha value is -3.77. The molecule has 0 aliphatic carbocycles. The van der Waals surface area contributed by atoms with Gasteiger partial charge in [-0.25, -0.2) is 0 Å². The van der Waals surface area contributed by atoms with Crippen LogP contribution in [0.15, 0.2) is 48.2 Å². The topological polar surface area (TPSA) is 127 Å². The Morgan fingerprint density at radius 3 is 2.57 bits per heavy atom. The molecule has 0 spiro atoms. The third kappa shape index (κ3) is 4.90. The van der Waals surface area contributed by atoms with E-state index in [4.69, 9.17) is 21.1 Å². The summed E-state index contributed by atoms with van der Waals surface area (Å²) in [4.78, 5) is 22.6. The monoisotopic (exact) mass is 402 g/mol. The van der Waals surface area contributed by atoms with Crippen LogP contribution in [0.3, 0.4) is 0 Å². The molecule has 0 aromatic heterocycles. The van der Waals surface area contributed by atoms with Crippen LogP contribution in [0.4, 0.5) is 17.1 Å². The maximum Gasteiger partial charge on any atom is 0.271 e. The van der Waals surface area contributed by atoms with Crippen molar-refractivity contribution in [2.45, 2.75) is 0 Å². The molecule has 0 fully saturated rings. The van der Waals surface area contributed by atoms with Crippen molar-refractivity contribution in [3.05, 3.63) is 63.3 Å². The van der Waals surface area contributed by atoms with E-state index < -0.39 is 10.8 Å². The summed E-state index contributed by atoms with van der Waals surface area (Å²) >= 11 is 5.95. The van der Waals surface area contributed by atoms with Crippen LogP contribution < -0.4 is 20.1 Å². The second-order valence-corrected chi connectivity index (χ2v) is 5.66. The molecule has 0 aliphatic rings. The highest BCUT2D eigenvalue weighted by Gasteiger charge is 2.15. The van der Waals surface area contributed by atoms with Crippen LogP contribution in [0.25, 0.3) is 0 Å². The molecular formula is C18H15ClN4O5. The lowest BCUT2D eigenvalue weighted by molar-refractivity contribution is -0.384. The predicted octanol–water partition coefficient (Wildman–Crippen LogP) is 3.72. The summed E-state index contributed by atoms with van der Waals surface area (Å²) in [7, 11) is 2.97. The fraction of sp³-hybridized carbons (Fsp3) is 0.111. The molecule has 2 N–H and O–H groups in total. The van der Waals surface area contributed by atoms with Gasteiger partial charge in [0.1, 0.15) is 23.1 Å². The summed E-state index contributed by atoms with van der Waals surface area (Å²) in [6.45, 7) is 0. The zero-order chi connectivity index (χ0) is 20.7. The Morgan fingerprint density at radius 1 is 1.21 bits per heavy atom. The van der Waals surface area contributed by atoms with Crippen LogP contribution in [0, 0.1) is 21.4 Å². The Kier molecular flexibility index (Phi) is 6.79. The first-order valence-corrected chi connectivity index (χ1v) is 8.11. The Labute approximate surface area is 165 Å². The maximum absolute atomic E-state index is 12.3. The number of ether oxygens (including phenoxy) is 2. The molecule has 2 aromatic rings. The van der Waals surface area contributed by atoms with E-state index in [2.05, 4.69) is 10.6 Å². The third-order valence-corrected chi connectivity index (χ3v) is 3.88. The van der Waals surface area contributed by atoms with Gasteiger partial charge < -0.3 is 20.1 Å². The van der Waals surface area contributed by atoms with E-state index in [1.54, 1.807) is 24.3 Å². The van der Waals surface area contributed by atoms with Crippen molar-refractivity contribution < 1.29 is 19.2 Å². The van der Waals surface area contributed by atoms with E-state index in [9.17, 15) is 20.2 Å². The van der Waals surface area contributed by atoms with Crippen LogP contribution in [0.5, 0.6) is 11.5 Å². The number of anilines is 2. The van der Waals surface area contributed by atoms with E-state index in [1.165, 1.54) is 32.6 Å². The minimum Gasteiger partial charge on any atom is -0.497 e. The number of hydrogen-bond acceptors (Lipinski definition) is 7. The second kappa shape index (κ2) is 9.25. The van der Waals surface area contributed by atoms with Gasteiger partial charge in [-0.15, -0.1) is 0 Å². The number of nitro groups is 1. The van der Waals surface area contributed by atoms with E-state index in [-0.39, 0.29) is 22.0 Å². The highest BCUT2D eigenvalue weighted by molar-refractivity contribution is 6.34. The number of hydrogen-bond donors (Lipinski definition) is 2. The number of nitrogens with zero attached hydrogens (tertiary/aromatic N) is 2. The summed E-state index contributed by atoms with van der Waals surface area (Å²) in [6.07, 6.45) is 1.18. The molecule has 0 saturated carbocycles. The van der Waals surface area contributed by atoms with Crippen molar-refractivity contribution >= 4 is 34.6 Å². The smallest absolute Gasteiger partial charge is 0.271 e. The molecule has 28 heavy (non-hydrogen) atoms. The minimum absolute atomic E-state index is 0.0148. The van der Waals surface area contributed by atoms with Crippen LogP contribution in [0.2, 0.25) is 5.02 Å². The summed E-state index contributed by atoms with van der Waals surface area (Å²) in [5.41, 5.74) is -0.0503. The number of methoxy groups -OCH3 is 2. The number of carbonyl (C=O) groups excluding carboxylic acids is 1. The number of halogens is 1. The summed E-state index contributed by atoms with van der Waals surface area (Å²) in [5, 5.41) is 25.4. The number of non-ortho nitro benzene ring substituents is 1. The van der Waals surface area contributed by atoms with E-state index in [1.807, 2.05) is 0 Å². The third-order valence-electron chi connectivity index (χ3n) is 3.55. The SMILES string of the molecule is COc1ccc(OC)c(N/C=C(/C#N)C(=O)Nc2cc([N+](=O)[O-])ccc2Cl)c1. The molecule has 0 bridgehead atoms. The van der Waals surface area contributed by atoms with Gasteiger partial charge in [-0.3, -0.25) is 14.9 Å². The van der Waals surface area contributed by atoms with Crippen molar-refractivity contribution in [3.8, 4) is 17.6 Å². The number of amides is 1. The summed E-state index contributed by atoms with van der Waals surface area (Å²) < 4.78 is 10.3. The highest BCUT2D eigenvalue weighted by Crippen LogP contribution is 2.29. The normalized spacial score (nSPS) is 10.6. The van der Waals surface area contributed by atoms with Gasteiger partial charge in [-0.2, -0.15) is 5.26 Å². The molecule has 9 nitrogen and oxygen atoms in total. The van der Waals surface area contributed by atoms with Gasteiger partial charge in [-0.05, 0) is 18.2 Å². The number of carbonyl (C=O) groups is 1. The molecule has 0 radical (unpaired) electrons. The molecule has 144 valence electrons. The van der Waals surface area contributed by atoms with Crippen LogP contribution in [-0.2, 0) is 4.79 Å². The van der Waals surface area contributed by atoms with Crippen molar-refractivity contribution in [1.29, 1.82) is 5.26 Å². The molecule has 0 atom stereocenters. The largest absolute Gasteiger partial charge is 0.497 e. The molecular weight excluding hydrogens is 388 g/mol. The lowest BCUT2D eigenvalue weighted by atomic mass is 10.2. The number of benzene rings is 2. The van der Waals surface area contributed by atoms with E-state index in [0.717, 1.165) is 6.07 Å². The minimum atomic E-state index is -0.792. The standard InChI is InChI=1S/C18H15ClN4O5/c1-27-13-4-6-17(28-2)16(8-13)21-10-11(9-20)18(24)22-15-7-12(23(25)26)3-5-14(15)19/h3-8,10,21H,1-2H3,(H,22,24)/b11-10-. The zero-order valence-electron chi connectivity index (χ0n) is 14.9. The van der Waals surface area contributed by atoms with Gasteiger partial charge >= 0.3 is 0 Å². The molecule has 2 aromatic carbocycles. The molecule has 0 unspecified atom stereocenters. The van der Waals surface area contributed by atoms with Gasteiger partial charge in [0.2, 0.25) is 0 Å². The lowest BCUT2D eigenvalue weighted by Gasteiger charge is -2.11. The second-order valence-electron chi connectivity index (χ2n) is 5.26. The molecule has 10 heteroatoms. The lowest BCUT2D eigenvalue weighted by Crippen LogP contribution is -2.15. The zero-order valence-corrected chi connectivity index (χ0v) is 15.6. The first kappa shape index (κ1) is 20.5. The van der Waals surface area contributed by atoms with Crippen LogP contribution in [-0.4, -0.2) is 25.1 Å². The average Bonchev–Trinajstić information content (AvgIpc) is 2.69. The number of rotatable bonds is 7. The Balaban J connectivity index is 2.24. The first-order chi connectivity index (χ1) is 13.4.